The summed E-state index contributed by atoms with van der Waals surface area (Å²) in [6.07, 6.45) is 2.16. The third-order valence-corrected chi connectivity index (χ3v) is 6.28. The van der Waals surface area contributed by atoms with E-state index in [2.05, 4.69) is 45.4 Å². The molecule has 7 nitrogen and oxygen atoms in total. The highest BCUT2D eigenvalue weighted by atomic mass is 16.5. The van der Waals surface area contributed by atoms with E-state index in [1.54, 1.807) is 26.4 Å². The number of hydrogen-bond donors (Lipinski definition) is 1. The number of nitrogens with zero attached hydrogens (tertiary/aromatic N) is 3. The first-order chi connectivity index (χ1) is 15.2. The van der Waals surface area contributed by atoms with Crippen molar-refractivity contribution in [3.05, 3.63) is 48.5 Å². The number of rotatable bonds is 5. The Labute approximate surface area is 184 Å². The zero-order valence-corrected chi connectivity index (χ0v) is 18.4. The van der Waals surface area contributed by atoms with Crippen LogP contribution in [-0.4, -0.2) is 75.4 Å². The van der Waals surface area contributed by atoms with Crippen molar-refractivity contribution in [3.63, 3.8) is 0 Å². The van der Waals surface area contributed by atoms with Crippen LogP contribution in [-0.2, 0) is 0 Å². The number of anilines is 2. The third kappa shape index (κ3) is 5.05. The van der Waals surface area contributed by atoms with Crippen LogP contribution < -0.4 is 19.7 Å². The zero-order valence-electron chi connectivity index (χ0n) is 18.4. The first-order valence-corrected chi connectivity index (χ1v) is 11.0. The van der Waals surface area contributed by atoms with Crippen molar-refractivity contribution in [2.45, 2.75) is 18.9 Å². The van der Waals surface area contributed by atoms with Crippen LogP contribution in [0.3, 0.4) is 0 Å². The molecular formula is C24H32N4O3. The van der Waals surface area contributed by atoms with E-state index in [-0.39, 0.29) is 6.03 Å². The minimum absolute atomic E-state index is 0.0841. The van der Waals surface area contributed by atoms with Gasteiger partial charge in [-0.1, -0.05) is 18.2 Å². The van der Waals surface area contributed by atoms with Crippen LogP contribution in [0.25, 0.3) is 0 Å². The quantitative estimate of drug-likeness (QED) is 0.796. The molecule has 4 rings (SSSR count). The highest BCUT2D eigenvalue weighted by Gasteiger charge is 2.30. The summed E-state index contributed by atoms with van der Waals surface area (Å²) in [5.74, 6) is 1.31. The predicted molar refractivity (Wildman–Crippen MR) is 123 cm³/mol. The number of carbonyl (C=O) groups is 1. The molecule has 1 N–H and O–H groups in total. The summed E-state index contributed by atoms with van der Waals surface area (Å²) in [5.41, 5.74) is 1.92. The summed E-state index contributed by atoms with van der Waals surface area (Å²) < 4.78 is 10.7. The number of nitrogens with one attached hydrogen (secondary N) is 1. The zero-order chi connectivity index (χ0) is 21.6. The van der Waals surface area contributed by atoms with Crippen molar-refractivity contribution in [1.82, 2.24) is 9.80 Å². The second kappa shape index (κ2) is 9.92. The molecule has 2 aliphatic rings. The summed E-state index contributed by atoms with van der Waals surface area (Å²) in [4.78, 5) is 19.9. The van der Waals surface area contributed by atoms with E-state index in [1.165, 1.54) is 5.69 Å². The van der Waals surface area contributed by atoms with Crippen molar-refractivity contribution >= 4 is 17.4 Å². The molecule has 2 saturated heterocycles. The summed E-state index contributed by atoms with van der Waals surface area (Å²) in [6, 6.07) is 16.3. The SMILES string of the molecule is COc1ccc(OC)c(NC(=O)N2CCC[C@@H](N3CCN(c4ccccc4)CC3)C2)c1. The highest BCUT2D eigenvalue weighted by molar-refractivity contribution is 5.91. The lowest BCUT2D eigenvalue weighted by molar-refractivity contribution is 0.108. The predicted octanol–water partition coefficient (Wildman–Crippen LogP) is 3.52. The lowest BCUT2D eigenvalue weighted by atomic mass is 10.0. The molecule has 0 unspecified atom stereocenters. The first-order valence-electron chi connectivity index (χ1n) is 11.0. The van der Waals surface area contributed by atoms with Crippen molar-refractivity contribution in [2.24, 2.45) is 0 Å². The number of ether oxygens (including phenoxy) is 2. The Morgan fingerprint density at radius 2 is 1.74 bits per heavy atom. The lowest BCUT2D eigenvalue weighted by Gasteiger charge is -2.43. The molecule has 31 heavy (non-hydrogen) atoms. The van der Waals surface area contributed by atoms with E-state index in [1.807, 2.05) is 11.0 Å². The number of benzene rings is 2. The molecular weight excluding hydrogens is 392 g/mol. The van der Waals surface area contributed by atoms with Gasteiger partial charge in [-0.3, -0.25) is 4.90 Å². The van der Waals surface area contributed by atoms with E-state index in [9.17, 15) is 4.79 Å². The molecule has 0 saturated carbocycles. The number of amides is 2. The average Bonchev–Trinajstić information content (AvgIpc) is 2.84. The molecule has 0 aliphatic carbocycles. The van der Waals surface area contributed by atoms with Gasteiger partial charge >= 0.3 is 6.03 Å². The van der Waals surface area contributed by atoms with Gasteiger partial charge in [-0.05, 0) is 37.1 Å². The van der Waals surface area contributed by atoms with E-state index >= 15 is 0 Å². The standard InChI is InChI=1S/C24H32N4O3/c1-30-21-10-11-23(31-2)22(17-21)25-24(29)28-12-6-9-20(18-28)27-15-13-26(14-16-27)19-7-4-3-5-8-19/h3-5,7-8,10-11,17,20H,6,9,12-16,18H2,1-2H3,(H,25,29)/t20-/m1/s1. The van der Waals surface area contributed by atoms with Crippen molar-refractivity contribution in [2.75, 3.05) is 63.7 Å². The molecule has 2 amide bonds. The normalized spacial score (nSPS) is 19.7. The Bertz CT molecular complexity index is 868. The summed E-state index contributed by atoms with van der Waals surface area (Å²) >= 11 is 0. The van der Waals surface area contributed by atoms with Gasteiger partial charge in [0.15, 0.2) is 0 Å². The molecule has 2 fully saturated rings. The van der Waals surface area contributed by atoms with Gasteiger partial charge < -0.3 is 24.6 Å². The van der Waals surface area contributed by atoms with Gasteiger partial charge in [0.25, 0.3) is 0 Å². The molecule has 1 atom stereocenters. The lowest BCUT2D eigenvalue weighted by Crippen LogP contribution is -2.56. The van der Waals surface area contributed by atoms with Crippen LogP contribution >= 0.6 is 0 Å². The number of methoxy groups -OCH3 is 2. The van der Waals surface area contributed by atoms with Crippen LogP contribution in [0, 0.1) is 0 Å². The fourth-order valence-corrected chi connectivity index (χ4v) is 4.53. The van der Waals surface area contributed by atoms with Gasteiger partial charge in [-0.2, -0.15) is 0 Å². The maximum absolute atomic E-state index is 13.0. The van der Waals surface area contributed by atoms with Crippen molar-refractivity contribution in [1.29, 1.82) is 0 Å². The van der Waals surface area contributed by atoms with E-state index in [0.29, 0.717) is 23.2 Å². The molecule has 2 aromatic carbocycles. The smallest absolute Gasteiger partial charge is 0.322 e. The van der Waals surface area contributed by atoms with Gasteiger partial charge in [0.1, 0.15) is 11.5 Å². The number of piperazine rings is 1. The summed E-state index contributed by atoms with van der Waals surface area (Å²) in [7, 11) is 3.21. The Morgan fingerprint density at radius 3 is 2.45 bits per heavy atom. The van der Waals surface area contributed by atoms with Crippen LogP contribution in [0.1, 0.15) is 12.8 Å². The van der Waals surface area contributed by atoms with Gasteiger partial charge in [0.2, 0.25) is 0 Å². The van der Waals surface area contributed by atoms with E-state index in [0.717, 1.165) is 52.1 Å². The molecule has 0 radical (unpaired) electrons. The highest BCUT2D eigenvalue weighted by Crippen LogP contribution is 2.29. The largest absolute Gasteiger partial charge is 0.497 e. The molecule has 2 aromatic rings. The molecule has 166 valence electrons. The minimum Gasteiger partial charge on any atom is -0.497 e. The second-order valence-corrected chi connectivity index (χ2v) is 8.10. The number of likely N-dealkylation sites (tertiary alicyclic amines) is 1. The Hall–Kier alpha value is -2.93. The Kier molecular flexibility index (Phi) is 6.82. The number of piperidine rings is 1. The van der Waals surface area contributed by atoms with Crippen molar-refractivity contribution in [3.8, 4) is 11.5 Å². The molecule has 7 heteroatoms. The monoisotopic (exact) mass is 424 g/mol. The third-order valence-electron chi connectivity index (χ3n) is 6.28. The Morgan fingerprint density at radius 1 is 0.968 bits per heavy atom. The summed E-state index contributed by atoms with van der Waals surface area (Å²) in [6.45, 7) is 5.63. The molecule has 0 aromatic heterocycles. The fourth-order valence-electron chi connectivity index (χ4n) is 4.53. The molecule has 0 spiro atoms. The van der Waals surface area contributed by atoms with Gasteiger partial charge in [-0.25, -0.2) is 4.79 Å². The maximum atomic E-state index is 13.0. The van der Waals surface area contributed by atoms with Gasteiger partial charge in [-0.15, -0.1) is 0 Å². The van der Waals surface area contributed by atoms with Crippen LogP contribution in [0.2, 0.25) is 0 Å². The molecule has 2 aliphatic heterocycles. The number of hydrogen-bond acceptors (Lipinski definition) is 5. The average molecular weight is 425 g/mol. The van der Waals surface area contributed by atoms with Gasteiger partial charge in [0.05, 0.1) is 19.9 Å². The number of para-hydroxylation sites is 1. The fraction of sp³-hybridized carbons (Fsp3) is 0.458. The van der Waals surface area contributed by atoms with E-state index < -0.39 is 0 Å². The van der Waals surface area contributed by atoms with Crippen molar-refractivity contribution < 1.29 is 14.3 Å². The Balaban J connectivity index is 1.34. The first kappa shape index (κ1) is 21.3. The molecule has 2 heterocycles. The maximum Gasteiger partial charge on any atom is 0.322 e. The minimum atomic E-state index is -0.0841. The number of carbonyl (C=O) groups excluding carboxylic acids is 1. The van der Waals surface area contributed by atoms with Crippen LogP contribution in [0.5, 0.6) is 11.5 Å². The second-order valence-electron chi connectivity index (χ2n) is 8.10. The van der Waals surface area contributed by atoms with Gasteiger partial charge in [0, 0.05) is 57.1 Å². The van der Waals surface area contributed by atoms with Crippen LogP contribution in [0.15, 0.2) is 48.5 Å². The molecule has 0 bridgehead atoms. The van der Waals surface area contributed by atoms with Crippen LogP contribution in [0.4, 0.5) is 16.2 Å². The number of urea groups is 1. The summed E-state index contributed by atoms with van der Waals surface area (Å²) in [5, 5.41) is 3.01. The van der Waals surface area contributed by atoms with E-state index in [4.69, 9.17) is 9.47 Å². The topological polar surface area (TPSA) is 57.3 Å².